The van der Waals surface area contributed by atoms with Crippen molar-refractivity contribution in [1.82, 2.24) is 4.37 Å². The zero-order valence-electron chi connectivity index (χ0n) is 12.7. The van der Waals surface area contributed by atoms with Crippen LogP contribution in [0.4, 0.5) is 5.69 Å². The maximum Gasteiger partial charge on any atom is 0.225 e. The van der Waals surface area contributed by atoms with Gasteiger partial charge in [0, 0.05) is 17.9 Å². The van der Waals surface area contributed by atoms with E-state index >= 15 is 0 Å². The molecule has 3 aromatic rings. The fourth-order valence-electron chi connectivity index (χ4n) is 2.98. The van der Waals surface area contributed by atoms with E-state index in [0.717, 1.165) is 27.4 Å². The van der Waals surface area contributed by atoms with Crippen molar-refractivity contribution in [1.29, 1.82) is 5.26 Å². The molecule has 0 bridgehead atoms. The van der Waals surface area contributed by atoms with E-state index in [9.17, 15) is 4.79 Å². The summed E-state index contributed by atoms with van der Waals surface area (Å²) < 4.78 is 4.59. The monoisotopic (exact) mass is 331 g/mol. The molecule has 1 amide bonds. The fraction of sp³-hybridized carbons (Fsp3) is 0.105. The Labute approximate surface area is 143 Å². The van der Waals surface area contributed by atoms with Crippen LogP contribution in [0.15, 0.2) is 54.6 Å². The highest BCUT2D eigenvalue weighted by atomic mass is 32.1. The van der Waals surface area contributed by atoms with Gasteiger partial charge in [0.05, 0.1) is 22.2 Å². The number of carbonyl (C=O) groups excluding carboxylic acids is 1. The number of amides is 1. The number of rotatable bonds is 2. The predicted octanol–water partition coefficient (Wildman–Crippen LogP) is 4.16. The molecule has 1 aliphatic rings. The van der Waals surface area contributed by atoms with Crippen molar-refractivity contribution in [2.24, 2.45) is 0 Å². The van der Waals surface area contributed by atoms with Crippen LogP contribution in [0.1, 0.15) is 28.3 Å². The molecule has 0 fully saturated rings. The first kappa shape index (κ1) is 14.6. The summed E-state index contributed by atoms with van der Waals surface area (Å²) in [5.74, 6) is -0.0225. The average Bonchev–Trinajstić information content (AvgIpc) is 3.05. The zero-order valence-corrected chi connectivity index (χ0v) is 13.5. The molecule has 0 aliphatic carbocycles. The molecular formula is C19H13N3OS. The molecule has 0 saturated carbocycles. The van der Waals surface area contributed by atoms with Gasteiger partial charge in [-0.1, -0.05) is 42.5 Å². The standard InChI is InChI=1S/C19H13N3OS/c20-11-12-6-8-13(9-7-12)15-10-16(23)21-18-17(22-24-19(15)18)14-4-2-1-3-5-14/h1-9,15H,10H2,(H,21,23)/t15-/m1/s1. The minimum Gasteiger partial charge on any atom is -0.323 e. The van der Waals surface area contributed by atoms with E-state index < -0.39 is 0 Å². The van der Waals surface area contributed by atoms with Crippen LogP contribution in [0.25, 0.3) is 11.3 Å². The molecule has 4 nitrogen and oxygen atoms in total. The third kappa shape index (κ3) is 2.47. The van der Waals surface area contributed by atoms with Crippen molar-refractivity contribution in [3.8, 4) is 17.3 Å². The largest absolute Gasteiger partial charge is 0.323 e. The van der Waals surface area contributed by atoms with Crippen LogP contribution in [0.5, 0.6) is 0 Å². The first-order valence-electron chi connectivity index (χ1n) is 7.61. The summed E-state index contributed by atoms with van der Waals surface area (Å²) in [4.78, 5) is 13.3. The SMILES string of the molecule is N#Cc1ccc([C@H]2CC(=O)Nc3c(-c4ccccc4)nsc32)cc1. The molecule has 1 aromatic heterocycles. The maximum atomic E-state index is 12.2. The number of fused-ring (bicyclic) bond motifs is 1. The van der Waals surface area contributed by atoms with Crippen molar-refractivity contribution >= 4 is 23.1 Å². The third-order valence-corrected chi connectivity index (χ3v) is 5.14. The number of anilines is 1. The van der Waals surface area contributed by atoms with Gasteiger partial charge in [-0.2, -0.15) is 9.64 Å². The molecule has 24 heavy (non-hydrogen) atoms. The number of hydrogen-bond acceptors (Lipinski definition) is 4. The van der Waals surface area contributed by atoms with E-state index in [1.165, 1.54) is 11.5 Å². The Morgan fingerprint density at radius 3 is 2.58 bits per heavy atom. The molecule has 0 spiro atoms. The van der Waals surface area contributed by atoms with Gasteiger partial charge in [0.25, 0.3) is 0 Å². The van der Waals surface area contributed by atoms with Crippen LogP contribution in [-0.4, -0.2) is 10.3 Å². The highest BCUT2D eigenvalue weighted by molar-refractivity contribution is 7.07. The highest BCUT2D eigenvalue weighted by Gasteiger charge is 2.31. The first-order chi connectivity index (χ1) is 11.8. The molecule has 0 saturated heterocycles. The van der Waals surface area contributed by atoms with Crippen LogP contribution >= 0.6 is 11.5 Å². The van der Waals surface area contributed by atoms with Gasteiger partial charge >= 0.3 is 0 Å². The Kier molecular flexibility index (Phi) is 3.60. The van der Waals surface area contributed by atoms with E-state index in [0.29, 0.717) is 12.0 Å². The quantitative estimate of drug-likeness (QED) is 0.767. The number of nitrogens with one attached hydrogen (secondary N) is 1. The van der Waals surface area contributed by atoms with Crippen LogP contribution in [0, 0.1) is 11.3 Å². The second-order valence-electron chi connectivity index (χ2n) is 5.68. The van der Waals surface area contributed by atoms with Gasteiger partial charge in [-0.05, 0) is 29.2 Å². The lowest BCUT2D eigenvalue weighted by atomic mass is 9.89. The maximum absolute atomic E-state index is 12.2. The van der Waals surface area contributed by atoms with Gasteiger partial charge in [-0.3, -0.25) is 4.79 Å². The Hall–Kier alpha value is -2.97. The Bertz CT molecular complexity index is 939. The summed E-state index contributed by atoms with van der Waals surface area (Å²) in [7, 11) is 0. The number of aromatic nitrogens is 1. The lowest BCUT2D eigenvalue weighted by Crippen LogP contribution is -2.22. The molecule has 1 aliphatic heterocycles. The lowest BCUT2D eigenvalue weighted by Gasteiger charge is -2.23. The molecular weight excluding hydrogens is 318 g/mol. The molecule has 5 heteroatoms. The molecule has 4 rings (SSSR count). The topological polar surface area (TPSA) is 65.8 Å². The summed E-state index contributed by atoms with van der Waals surface area (Å²) in [6, 6.07) is 19.4. The fourth-order valence-corrected chi connectivity index (χ4v) is 3.95. The molecule has 2 heterocycles. The second-order valence-corrected chi connectivity index (χ2v) is 6.48. The van der Waals surface area contributed by atoms with Crippen molar-refractivity contribution in [2.75, 3.05) is 5.32 Å². The van der Waals surface area contributed by atoms with E-state index in [1.807, 2.05) is 42.5 Å². The smallest absolute Gasteiger partial charge is 0.225 e. The third-order valence-electron chi connectivity index (χ3n) is 4.18. The Balaban J connectivity index is 1.79. The molecule has 1 atom stereocenters. The average molecular weight is 331 g/mol. The van der Waals surface area contributed by atoms with Crippen molar-refractivity contribution in [2.45, 2.75) is 12.3 Å². The van der Waals surface area contributed by atoms with Crippen molar-refractivity contribution in [3.05, 3.63) is 70.6 Å². The normalized spacial score (nSPS) is 16.1. The van der Waals surface area contributed by atoms with E-state index in [1.54, 1.807) is 12.1 Å². The number of hydrogen-bond donors (Lipinski definition) is 1. The van der Waals surface area contributed by atoms with Crippen molar-refractivity contribution in [3.63, 3.8) is 0 Å². The van der Waals surface area contributed by atoms with Crippen LogP contribution < -0.4 is 5.32 Å². The summed E-state index contributed by atoms with van der Waals surface area (Å²) in [6.07, 6.45) is 0.398. The van der Waals surface area contributed by atoms with Crippen LogP contribution in [0.3, 0.4) is 0 Å². The summed E-state index contributed by atoms with van der Waals surface area (Å²) in [5, 5.41) is 11.9. The Morgan fingerprint density at radius 1 is 1.12 bits per heavy atom. The van der Waals surface area contributed by atoms with E-state index in [-0.39, 0.29) is 11.8 Å². The molecule has 0 radical (unpaired) electrons. The first-order valence-corrected chi connectivity index (χ1v) is 8.38. The van der Waals surface area contributed by atoms with E-state index in [2.05, 4.69) is 15.8 Å². The lowest BCUT2D eigenvalue weighted by molar-refractivity contribution is -0.116. The van der Waals surface area contributed by atoms with Crippen LogP contribution in [-0.2, 0) is 4.79 Å². The molecule has 1 N–H and O–H groups in total. The molecule has 2 aromatic carbocycles. The molecule has 0 unspecified atom stereocenters. The number of nitriles is 1. The van der Waals surface area contributed by atoms with Gasteiger partial charge in [-0.25, -0.2) is 0 Å². The predicted molar refractivity (Wildman–Crippen MR) is 93.8 cm³/mol. The number of benzene rings is 2. The summed E-state index contributed by atoms with van der Waals surface area (Å²) >= 11 is 1.43. The van der Waals surface area contributed by atoms with Gasteiger partial charge in [0.1, 0.15) is 5.69 Å². The van der Waals surface area contributed by atoms with Crippen LogP contribution in [0.2, 0.25) is 0 Å². The zero-order chi connectivity index (χ0) is 16.5. The minimum atomic E-state index is -0.0172. The van der Waals surface area contributed by atoms with Gasteiger partial charge in [0.15, 0.2) is 0 Å². The summed E-state index contributed by atoms with van der Waals surface area (Å²) in [6.45, 7) is 0. The van der Waals surface area contributed by atoms with Gasteiger partial charge < -0.3 is 5.32 Å². The second kappa shape index (κ2) is 5.91. The Morgan fingerprint density at radius 2 is 1.88 bits per heavy atom. The number of nitrogens with zero attached hydrogens (tertiary/aromatic N) is 2. The summed E-state index contributed by atoms with van der Waals surface area (Å²) in [5.41, 5.74) is 4.29. The van der Waals surface area contributed by atoms with Gasteiger partial charge in [0.2, 0.25) is 5.91 Å². The highest BCUT2D eigenvalue weighted by Crippen LogP contribution is 2.44. The van der Waals surface area contributed by atoms with Gasteiger partial charge in [-0.15, -0.1) is 0 Å². The number of carbonyl (C=O) groups is 1. The van der Waals surface area contributed by atoms with E-state index in [4.69, 9.17) is 5.26 Å². The minimum absolute atomic E-state index is 0.00533. The van der Waals surface area contributed by atoms with Crippen molar-refractivity contribution < 1.29 is 4.79 Å². The molecule has 116 valence electrons.